The topological polar surface area (TPSA) is 107 Å². The molecule has 1 N–H and O–H groups in total. The van der Waals surface area contributed by atoms with Crippen LogP contribution in [0.3, 0.4) is 0 Å². The van der Waals surface area contributed by atoms with Gasteiger partial charge in [-0.3, -0.25) is 19.3 Å². The zero-order chi connectivity index (χ0) is 24.4. The van der Waals surface area contributed by atoms with Crippen LogP contribution in [0.15, 0.2) is 39.7 Å². The number of hydrogen-bond donors (Lipinski definition) is 1. The predicted octanol–water partition coefficient (Wildman–Crippen LogP) is 0.939. The molecule has 2 fully saturated rings. The lowest BCUT2D eigenvalue weighted by Crippen LogP contribution is -2.62. The van der Waals surface area contributed by atoms with Gasteiger partial charge in [-0.1, -0.05) is 6.07 Å². The van der Waals surface area contributed by atoms with E-state index in [0.29, 0.717) is 64.4 Å². The molecule has 0 saturated carbocycles. The Hall–Kier alpha value is -3.18. The minimum Gasteiger partial charge on any atom is -0.386 e. The minimum atomic E-state index is -0.587. The Morgan fingerprint density at radius 1 is 1.23 bits per heavy atom. The van der Waals surface area contributed by atoms with E-state index in [9.17, 15) is 18.8 Å². The molecule has 0 aliphatic carbocycles. The highest BCUT2D eigenvalue weighted by Crippen LogP contribution is 2.27. The second-order valence-corrected chi connectivity index (χ2v) is 9.20. The number of carbonyl (C=O) groups is 3. The lowest BCUT2D eigenvalue weighted by atomic mass is 9.93. The highest BCUT2D eigenvalue weighted by atomic mass is 19.1. The summed E-state index contributed by atoms with van der Waals surface area (Å²) in [4.78, 5) is 42.5. The third-order valence-corrected chi connectivity index (χ3v) is 7.10. The maximum absolute atomic E-state index is 14.8. The van der Waals surface area contributed by atoms with Gasteiger partial charge in [-0.25, -0.2) is 4.39 Å². The Balaban J connectivity index is 1.33. The summed E-state index contributed by atoms with van der Waals surface area (Å²) in [5.74, 6) is -1.29. The molecule has 10 nitrogen and oxygen atoms in total. The van der Waals surface area contributed by atoms with E-state index in [0.717, 1.165) is 30.6 Å². The molecule has 1 aromatic rings. The van der Waals surface area contributed by atoms with Crippen LogP contribution in [0.4, 0.5) is 4.39 Å². The van der Waals surface area contributed by atoms with Crippen molar-refractivity contribution in [3.8, 4) is 0 Å². The van der Waals surface area contributed by atoms with Crippen LogP contribution in [0.1, 0.15) is 28.8 Å². The number of hydrogen-bond acceptors (Lipinski definition) is 7. The van der Waals surface area contributed by atoms with Crippen molar-refractivity contribution in [2.24, 2.45) is 10.2 Å². The van der Waals surface area contributed by atoms with Gasteiger partial charge in [0.2, 0.25) is 6.41 Å². The summed E-state index contributed by atoms with van der Waals surface area (Å²) in [6.45, 7) is 4.29. The van der Waals surface area contributed by atoms with Crippen molar-refractivity contribution in [2.45, 2.75) is 31.5 Å². The van der Waals surface area contributed by atoms with E-state index in [1.807, 2.05) is 0 Å². The lowest BCUT2D eigenvalue weighted by Gasteiger charge is -2.45. The molecule has 1 aromatic carbocycles. The van der Waals surface area contributed by atoms with Crippen molar-refractivity contribution < 1.29 is 23.5 Å². The number of amides is 3. The fourth-order valence-corrected chi connectivity index (χ4v) is 5.20. The van der Waals surface area contributed by atoms with Gasteiger partial charge in [0.15, 0.2) is 0 Å². The van der Waals surface area contributed by atoms with Crippen molar-refractivity contribution in [1.29, 1.82) is 0 Å². The Morgan fingerprint density at radius 3 is 2.86 bits per heavy atom. The molecule has 4 heterocycles. The first-order valence-electron chi connectivity index (χ1n) is 12.1. The number of ether oxygens (including phenoxy) is 1. The van der Waals surface area contributed by atoms with Crippen molar-refractivity contribution in [3.63, 3.8) is 0 Å². The molecule has 4 aliphatic rings. The van der Waals surface area contributed by atoms with Gasteiger partial charge in [0.05, 0.1) is 25.3 Å². The maximum Gasteiger partial charge on any atom is 0.292 e. The normalized spacial score (nSPS) is 25.3. The number of rotatable bonds is 5. The quantitative estimate of drug-likeness (QED) is 0.624. The van der Waals surface area contributed by atoms with E-state index < -0.39 is 11.7 Å². The molecule has 2 atom stereocenters. The first-order valence-corrected chi connectivity index (χ1v) is 12.1. The molecule has 0 bridgehead atoms. The number of benzene rings is 1. The standard InChI is InChI=1S/C24H29FN6O4/c25-19-4-3-16(13-20-22-17(2-1-5-26-22)23(33)28-27-20)12-18(19)24(34)30-6-7-31(15-32)21(14-30)29-8-10-35-11-9-29/h3-4,12,15,20-21,26H,1-2,5-11,13-14H2. The predicted molar refractivity (Wildman–Crippen MR) is 123 cm³/mol. The van der Waals surface area contributed by atoms with Gasteiger partial charge in [-0.15, -0.1) is 5.11 Å². The highest BCUT2D eigenvalue weighted by Gasteiger charge is 2.35. The molecule has 0 spiro atoms. The fourth-order valence-electron chi connectivity index (χ4n) is 5.20. The first-order chi connectivity index (χ1) is 17.0. The number of halogens is 1. The van der Waals surface area contributed by atoms with Crippen LogP contribution in [0.25, 0.3) is 0 Å². The molecular weight excluding hydrogens is 455 g/mol. The summed E-state index contributed by atoms with van der Waals surface area (Å²) in [5, 5.41) is 11.2. The molecule has 2 saturated heterocycles. The zero-order valence-corrected chi connectivity index (χ0v) is 19.5. The van der Waals surface area contributed by atoms with E-state index in [1.54, 1.807) is 21.9 Å². The number of nitrogens with zero attached hydrogens (tertiary/aromatic N) is 5. The second-order valence-electron chi connectivity index (χ2n) is 9.20. The first kappa shape index (κ1) is 23.6. The summed E-state index contributed by atoms with van der Waals surface area (Å²) in [6, 6.07) is 4.15. The van der Waals surface area contributed by atoms with Gasteiger partial charge in [0.1, 0.15) is 18.0 Å². The van der Waals surface area contributed by atoms with Crippen LogP contribution in [0.5, 0.6) is 0 Å². The average molecular weight is 485 g/mol. The van der Waals surface area contributed by atoms with Crippen LogP contribution in [0.2, 0.25) is 0 Å². The van der Waals surface area contributed by atoms with Gasteiger partial charge in [-0.2, -0.15) is 5.11 Å². The van der Waals surface area contributed by atoms with Gasteiger partial charge < -0.3 is 19.9 Å². The van der Waals surface area contributed by atoms with Crippen molar-refractivity contribution in [3.05, 3.63) is 46.4 Å². The van der Waals surface area contributed by atoms with E-state index in [1.165, 1.54) is 6.07 Å². The summed E-state index contributed by atoms with van der Waals surface area (Å²) in [5.41, 5.74) is 2.18. The average Bonchev–Trinajstić information content (AvgIpc) is 2.91. The number of carbonyl (C=O) groups excluding carboxylic acids is 3. The second kappa shape index (κ2) is 10.2. The van der Waals surface area contributed by atoms with Crippen LogP contribution in [0, 0.1) is 5.82 Å². The Kier molecular flexibility index (Phi) is 6.87. The molecule has 3 amide bonds. The van der Waals surface area contributed by atoms with Crippen LogP contribution in [-0.4, -0.2) is 97.6 Å². The molecule has 4 aliphatic heterocycles. The Labute approximate surface area is 202 Å². The van der Waals surface area contributed by atoms with E-state index in [4.69, 9.17) is 4.74 Å². The van der Waals surface area contributed by atoms with E-state index >= 15 is 0 Å². The molecule has 5 rings (SSSR count). The SMILES string of the molecule is O=CN1CCN(C(=O)c2cc(CC3N=NC(=O)C4=C3NCCC4)ccc2F)CC1N1CCOCC1. The van der Waals surface area contributed by atoms with E-state index in [-0.39, 0.29) is 23.7 Å². The third-order valence-electron chi connectivity index (χ3n) is 7.10. The number of piperazine rings is 1. The summed E-state index contributed by atoms with van der Waals surface area (Å²) < 4.78 is 20.2. The number of morpholine rings is 1. The van der Waals surface area contributed by atoms with Crippen molar-refractivity contribution in [2.75, 3.05) is 52.5 Å². The lowest BCUT2D eigenvalue weighted by molar-refractivity contribution is -0.130. The monoisotopic (exact) mass is 484 g/mol. The molecule has 35 heavy (non-hydrogen) atoms. The molecule has 186 valence electrons. The van der Waals surface area contributed by atoms with Gasteiger partial charge in [0, 0.05) is 50.4 Å². The number of azo groups is 1. The Morgan fingerprint density at radius 2 is 2.06 bits per heavy atom. The van der Waals surface area contributed by atoms with Gasteiger partial charge in [-0.05, 0) is 30.5 Å². The largest absolute Gasteiger partial charge is 0.386 e. The van der Waals surface area contributed by atoms with Gasteiger partial charge in [0.25, 0.3) is 11.8 Å². The third kappa shape index (κ3) is 4.83. The highest BCUT2D eigenvalue weighted by molar-refractivity contribution is 5.96. The van der Waals surface area contributed by atoms with Gasteiger partial charge >= 0.3 is 0 Å². The molecule has 2 unspecified atom stereocenters. The summed E-state index contributed by atoms with van der Waals surface area (Å²) >= 11 is 0. The van der Waals surface area contributed by atoms with Crippen molar-refractivity contribution in [1.82, 2.24) is 20.0 Å². The smallest absolute Gasteiger partial charge is 0.292 e. The van der Waals surface area contributed by atoms with Crippen molar-refractivity contribution >= 4 is 18.2 Å². The van der Waals surface area contributed by atoms with Crippen LogP contribution in [-0.2, 0) is 20.7 Å². The molecular formula is C24H29FN6O4. The molecule has 11 heteroatoms. The minimum absolute atomic E-state index is 0.00240. The Bertz CT molecular complexity index is 1070. The number of nitrogens with one attached hydrogen (secondary N) is 1. The summed E-state index contributed by atoms with van der Waals surface area (Å²) in [6.07, 6.45) is 2.49. The fraction of sp³-hybridized carbons (Fsp3) is 0.542. The molecule has 0 aromatic heterocycles. The zero-order valence-electron chi connectivity index (χ0n) is 19.5. The summed E-state index contributed by atoms with van der Waals surface area (Å²) in [7, 11) is 0. The van der Waals surface area contributed by atoms with E-state index in [2.05, 4.69) is 20.4 Å². The van der Waals surface area contributed by atoms with Crippen LogP contribution >= 0.6 is 0 Å². The molecule has 0 radical (unpaired) electrons. The van der Waals surface area contributed by atoms with Crippen LogP contribution < -0.4 is 5.32 Å². The maximum atomic E-state index is 14.8.